The number of nitrogens with two attached hydrogens (primary N) is 1. The number of methoxy groups -OCH3 is 1. The number of hydrogen-bond donors (Lipinski definition) is 2. The van der Waals surface area contributed by atoms with E-state index in [0.717, 1.165) is 36.5 Å². The number of pyridine rings is 1. The summed E-state index contributed by atoms with van der Waals surface area (Å²) in [6.07, 6.45) is 5.27. The van der Waals surface area contributed by atoms with E-state index in [2.05, 4.69) is 10.3 Å². The van der Waals surface area contributed by atoms with Gasteiger partial charge in [0.05, 0.1) is 24.7 Å². The number of aromatic nitrogens is 1. The number of nitrogens with one attached hydrogen (secondary N) is 1. The third-order valence-electron chi connectivity index (χ3n) is 5.33. The van der Waals surface area contributed by atoms with Gasteiger partial charge in [0.1, 0.15) is 5.75 Å². The fraction of sp³-hybridized carbons (Fsp3) is 0.421. The van der Waals surface area contributed by atoms with E-state index in [-0.39, 0.29) is 17.4 Å². The van der Waals surface area contributed by atoms with Crippen molar-refractivity contribution in [2.45, 2.75) is 31.7 Å². The maximum absolute atomic E-state index is 11.9. The van der Waals surface area contributed by atoms with Crippen LogP contribution in [0.2, 0.25) is 0 Å². The van der Waals surface area contributed by atoms with E-state index in [1.165, 1.54) is 7.11 Å². The van der Waals surface area contributed by atoms with Crippen molar-refractivity contribution in [3.05, 3.63) is 30.0 Å². The van der Waals surface area contributed by atoms with Crippen LogP contribution in [0.25, 0.3) is 10.8 Å². The van der Waals surface area contributed by atoms with Gasteiger partial charge in [-0.15, -0.1) is 0 Å². The number of ether oxygens (including phenoxy) is 2. The van der Waals surface area contributed by atoms with Gasteiger partial charge in [0, 0.05) is 24.0 Å². The molecule has 7 nitrogen and oxygen atoms in total. The molecule has 2 fully saturated rings. The average molecular weight is 355 g/mol. The van der Waals surface area contributed by atoms with Crippen LogP contribution in [0, 0.1) is 5.41 Å². The molecule has 2 amide bonds. The third kappa shape index (κ3) is 2.83. The van der Waals surface area contributed by atoms with Crippen LogP contribution in [0.5, 0.6) is 11.6 Å². The number of benzene rings is 1. The fourth-order valence-corrected chi connectivity index (χ4v) is 3.66. The Hall–Kier alpha value is -2.83. The Morgan fingerprint density at radius 2 is 2.23 bits per heavy atom. The zero-order valence-electron chi connectivity index (χ0n) is 14.6. The Kier molecular flexibility index (Phi) is 3.94. The molecule has 0 bridgehead atoms. The minimum absolute atomic E-state index is 0.0825. The number of hydrogen-bond acceptors (Lipinski definition) is 5. The quantitative estimate of drug-likeness (QED) is 0.822. The Labute approximate surface area is 150 Å². The highest BCUT2D eigenvalue weighted by atomic mass is 16.5. The highest BCUT2D eigenvalue weighted by Gasteiger charge is 2.55. The molecule has 1 saturated heterocycles. The molecule has 1 aromatic carbocycles. The topological polar surface area (TPSA) is 104 Å². The van der Waals surface area contributed by atoms with Gasteiger partial charge in [0.15, 0.2) is 0 Å². The molecule has 0 radical (unpaired) electrons. The van der Waals surface area contributed by atoms with Crippen LogP contribution in [0.15, 0.2) is 24.4 Å². The first-order valence-electron chi connectivity index (χ1n) is 8.73. The zero-order chi connectivity index (χ0) is 18.3. The highest BCUT2D eigenvalue weighted by molar-refractivity contribution is 6.01. The first kappa shape index (κ1) is 16.6. The Morgan fingerprint density at radius 3 is 2.88 bits per heavy atom. The van der Waals surface area contributed by atoms with Crippen molar-refractivity contribution in [1.29, 1.82) is 0 Å². The van der Waals surface area contributed by atoms with Gasteiger partial charge in [0.25, 0.3) is 5.91 Å². The molecule has 1 aliphatic carbocycles. The molecule has 3 N–H and O–H groups in total. The summed E-state index contributed by atoms with van der Waals surface area (Å²) in [4.78, 5) is 27.8. The molecule has 1 spiro atoms. The maximum Gasteiger partial charge on any atom is 0.252 e. The minimum Gasteiger partial charge on any atom is -0.496 e. The number of rotatable bonds is 6. The number of primary amides is 1. The minimum atomic E-state index is -0.547. The van der Waals surface area contributed by atoms with E-state index >= 15 is 0 Å². The number of nitrogens with zero attached hydrogens (tertiary/aromatic N) is 1. The lowest BCUT2D eigenvalue weighted by Gasteiger charge is -2.13. The second-order valence-electron chi connectivity index (χ2n) is 7.05. The second-order valence-corrected chi connectivity index (χ2v) is 7.05. The van der Waals surface area contributed by atoms with Crippen LogP contribution >= 0.6 is 0 Å². The molecular weight excluding hydrogens is 334 g/mol. The van der Waals surface area contributed by atoms with E-state index in [0.29, 0.717) is 23.8 Å². The molecule has 1 aliphatic heterocycles. The van der Waals surface area contributed by atoms with Crippen LogP contribution in [0.1, 0.15) is 36.0 Å². The van der Waals surface area contributed by atoms with Crippen molar-refractivity contribution in [3.63, 3.8) is 0 Å². The Bertz CT molecular complexity index is 892. The van der Waals surface area contributed by atoms with Crippen molar-refractivity contribution < 1.29 is 19.1 Å². The molecule has 1 aromatic heterocycles. The molecule has 1 atom stereocenters. The Morgan fingerprint density at radius 1 is 1.42 bits per heavy atom. The lowest BCUT2D eigenvalue weighted by atomic mass is 10.0. The number of carbonyl (C=O) groups is 2. The van der Waals surface area contributed by atoms with Gasteiger partial charge in [-0.2, -0.15) is 0 Å². The van der Waals surface area contributed by atoms with Crippen LogP contribution in [0.4, 0.5) is 0 Å². The van der Waals surface area contributed by atoms with Crippen molar-refractivity contribution in [2.75, 3.05) is 13.7 Å². The lowest BCUT2D eigenvalue weighted by Crippen LogP contribution is -2.28. The molecule has 2 heterocycles. The van der Waals surface area contributed by atoms with Crippen LogP contribution in [-0.2, 0) is 4.79 Å². The van der Waals surface area contributed by atoms with Gasteiger partial charge in [-0.25, -0.2) is 4.98 Å². The summed E-state index contributed by atoms with van der Waals surface area (Å²) in [5.74, 6) is 0.507. The van der Waals surface area contributed by atoms with E-state index in [4.69, 9.17) is 15.2 Å². The predicted octanol–water partition coefficient (Wildman–Crippen LogP) is 1.78. The highest BCUT2D eigenvalue weighted by Crippen LogP contribution is 2.53. The molecule has 2 aromatic rings. The molecule has 1 saturated carbocycles. The zero-order valence-corrected chi connectivity index (χ0v) is 14.6. The molecule has 7 heteroatoms. The molecule has 4 rings (SSSR count). The predicted molar refractivity (Wildman–Crippen MR) is 95.1 cm³/mol. The molecule has 2 aliphatic rings. The molecular formula is C19H21N3O4. The SMILES string of the molecule is COc1cc2c(OCC[C@@H]3CC4(CC4)C(=O)N3)nccc2cc1C(N)=O. The first-order valence-corrected chi connectivity index (χ1v) is 8.73. The summed E-state index contributed by atoms with van der Waals surface area (Å²) in [5, 5.41) is 4.61. The van der Waals surface area contributed by atoms with E-state index < -0.39 is 5.91 Å². The van der Waals surface area contributed by atoms with E-state index in [1.54, 1.807) is 24.4 Å². The third-order valence-corrected chi connectivity index (χ3v) is 5.33. The summed E-state index contributed by atoms with van der Waals surface area (Å²) in [5.41, 5.74) is 5.64. The molecule has 136 valence electrons. The summed E-state index contributed by atoms with van der Waals surface area (Å²) < 4.78 is 11.1. The van der Waals surface area contributed by atoms with Crippen molar-refractivity contribution in [1.82, 2.24) is 10.3 Å². The van der Waals surface area contributed by atoms with Crippen molar-refractivity contribution in [2.24, 2.45) is 11.1 Å². The number of fused-ring (bicyclic) bond motifs is 1. The van der Waals surface area contributed by atoms with Gasteiger partial charge >= 0.3 is 0 Å². The van der Waals surface area contributed by atoms with Gasteiger partial charge in [0.2, 0.25) is 11.8 Å². The van der Waals surface area contributed by atoms with Crippen molar-refractivity contribution >= 4 is 22.6 Å². The summed E-state index contributed by atoms with van der Waals surface area (Å²) in [7, 11) is 1.49. The van der Waals surface area contributed by atoms with Gasteiger partial charge < -0.3 is 20.5 Å². The fourth-order valence-electron chi connectivity index (χ4n) is 3.66. The lowest BCUT2D eigenvalue weighted by molar-refractivity contribution is -0.123. The Balaban J connectivity index is 1.49. The maximum atomic E-state index is 11.9. The summed E-state index contributed by atoms with van der Waals surface area (Å²) >= 11 is 0. The first-order chi connectivity index (χ1) is 12.5. The van der Waals surface area contributed by atoms with Gasteiger partial charge in [-0.1, -0.05) is 0 Å². The van der Waals surface area contributed by atoms with E-state index in [1.807, 2.05) is 0 Å². The van der Waals surface area contributed by atoms with Gasteiger partial charge in [-0.05, 0) is 42.8 Å². The number of carbonyl (C=O) groups excluding carboxylic acids is 2. The normalized spacial score (nSPS) is 20.2. The number of amides is 2. The monoisotopic (exact) mass is 355 g/mol. The van der Waals surface area contributed by atoms with Crippen LogP contribution in [-0.4, -0.2) is 36.6 Å². The molecule has 0 unspecified atom stereocenters. The van der Waals surface area contributed by atoms with Gasteiger partial charge in [-0.3, -0.25) is 9.59 Å². The average Bonchev–Trinajstić information content (AvgIpc) is 3.34. The van der Waals surface area contributed by atoms with E-state index in [9.17, 15) is 9.59 Å². The van der Waals surface area contributed by atoms with Crippen LogP contribution < -0.4 is 20.5 Å². The largest absolute Gasteiger partial charge is 0.496 e. The molecule has 26 heavy (non-hydrogen) atoms. The standard InChI is InChI=1S/C19H21N3O4/c1-25-15-9-13-11(8-14(15)16(20)23)2-6-21-17(13)26-7-3-12-10-19(4-5-19)18(24)22-12/h2,6,8-9,12H,3-5,7,10H2,1H3,(H2,20,23)(H,22,24)/t12-/m1/s1. The smallest absolute Gasteiger partial charge is 0.252 e. The summed E-state index contributed by atoms with van der Waals surface area (Å²) in [6.45, 7) is 0.451. The second kappa shape index (κ2) is 6.16. The summed E-state index contributed by atoms with van der Waals surface area (Å²) in [6, 6.07) is 5.35. The van der Waals surface area contributed by atoms with Crippen LogP contribution in [0.3, 0.4) is 0 Å². The van der Waals surface area contributed by atoms with Crippen molar-refractivity contribution in [3.8, 4) is 11.6 Å².